The van der Waals surface area contributed by atoms with Crippen LogP contribution in [-0.4, -0.2) is 27.9 Å². The summed E-state index contributed by atoms with van der Waals surface area (Å²) < 4.78 is 0. The van der Waals surface area contributed by atoms with Gasteiger partial charge in [-0.1, -0.05) is 35.0 Å². The van der Waals surface area contributed by atoms with Crippen molar-refractivity contribution in [2.45, 2.75) is 19.4 Å². The van der Waals surface area contributed by atoms with E-state index in [-0.39, 0.29) is 0 Å². The zero-order valence-corrected chi connectivity index (χ0v) is 12.0. The van der Waals surface area contributed by atoms with Gasteiger partial charge in [0.2, 0.25) is 0 Å². The molecule has 3 nitrogen and oxygen atoms in total. The van der Waals surface area contributed by atoms with Crippen molar-refractivity contribution < 1.29 is 0 Å². The van der Waals surface area contributed by atoms with Crippen LogP contribution >= 0.6 is 15.9 Å². The van der Waals surface area contributed by atoms with Gasteiger partial charge < -0.3 is 4.90 Å². The Hall–Kier alpha value is -1.16. The highest BCUT2D eigenvalue weighted by molar-refractivity contribution is 9.09. The van der Waals surface area contributed by atoms with E-state index in [1.54, 1.807) is 6.33 Å². The Kier molecular flexibility index (Phi) is 3.20. The molecule has 1 aliphatic heterocycles. The van der Waals surface area contributed by atoms with Gasteiger partial charge >= 0.3 is 0 Å². The van der Waals surface area contributed by atoms with Crippen molar-refractivity contribution in [3.63, 3.8) is 0 Å². The number of para-hydroxylation sites is 1. The van der Waals surface area contributed by atoms with Crippen molar-refractivity contribution >= 4 is 32.7 Å². The molecule has 0 aliphatic carbocycles. The van der Waals surface area contributed by atoms with Gasteiger partial charge in [0.25, 0.3) is 0 Å². The molecule has 4 heteroatoms. The summed E-state index contributed by atoms with van der Waals surface area (Å²) in [5.74, 6) is 1.78. The van der Waals surface area contributed by atoms with Gasteiger partial charge in [-0.2, -0.15) is 0 Å². The minimum absolute atomic E-state index is 0.531. The fourth-order valence-corrected chi connectivity index (χ4v) is 3.71. The summed E-state index contributed by atoms with van der Waals surface area (Å²) in [6.07, 6.45) is 2.90. The molecule has 2 unspecified atom stereocenters. The quantitative estimate of drug-likeness (QED) is 0.798. The molecule has 0 saturated carbocycles. The Bertz CT molecular complexity index is 552. The number of aromatic nitrogens is 2. The van der Waals surface area contributed by atoms with E-state index in [0.717, 1.165) is 28.6 Å². The molecule has 3 rings (SSSR count). The van der Waals surface area contributed by atoms with Crippen LogP contribution in [-0.2, 0) is 0 Å². The Balaban J connectivity index is 2.09. The predicted molar refractivity (Wildman–Crippen MR) is 78.2 cm³/mol. The van der Waals surface area contributed by atoms with Crippen molar-refractivity contribution in [3.05, 3.63) is 30.6 Å². The van der Waals surface area contributed by atoms with Crippen LogP contribution in [0.4, 0.5) is 5.82 Å². The van der Waals surface area contributed by atoms with E-state index >= 15 is 0 Å². The molecule has 1 aromatic carbocycles. The van der Waals surface area contributed by atoms with Crippen LogP contribution < -0.4 is 4.90 Å². The van der Waals surface area contributed by atoms with Crippen LogP contribution in [0.2, 0.25) is 0 Å². The summed E-state index contributed by atoms with van der Waals surface area (Å²) in [7, 11) is 0. The molecule has 0 bridgehead atoms. The van der Waals surface area contributed by atoms with E-state index in [1.165, 1.54) is 6.42 Å². The highest BCUT2D eigenvalue weighted by Gasteiger charge is 2.31. The van der Waals surface area contributed by atoms with Gasteiger partial charge in [0.15, 0.2) is 0 Å². The fourth-order valence-electron chi connectivity index (χ4n) is 2.73. The second-order valence-corrected chi connectivity index (χ2v) is 5.54. The summed E-state index contributed by atoms with van der Waals surface area (Å²) in [6, 6.07) is 8.76. The lowest BCUT2D eigenvalue weighted by Crippen LogP contribution is -2.34. The molecule has 2 heterocycles. The summed E-state index contributed by atoms with van der Waals surface area (Å²) >= 11 is 3.63. The third kappa shape index (κ3) is 1.88. The van der Waals surface area contributed by atoms with Crippen LogP contribution in [0.15, 0.2) is 30.6 Å². The zero-order chi connectivity index (χ0) is 12.5. The minimum atomic E-state index is 0.531. The number of hydrogen-bond acceptors (Lipinski definition) is 3. The number of halogens is 1. The number of benzene rings is 1. The van der Waals surface area contributed by atoms with E-state index in [1.807, 2.05) is 12.1 Å². The predicted octanol–water partition coefficient (Wildman–Crippen LogP) is 3.24. The molecule has 1 saturated heterocycles. The van der Waals surface area contributed by atoms with E-state index in [0.29, 0.717) is 12.0 Å². The van der Waals surface area contributed by atoms with Gasteiger partial charge in [-0.3, -0.25) is 0 Å². The molecule has 1 fully saturated rings. The van der Waals surface area contributed by atoms with Crippen molar-refractivity contribution in [1.29, 1.82) is 0 Å². The third-order valence-corrected chi connectivity index (χ3v) is 4.50. The minimum Gasteiger partial charge on any atom is -0.352 e. The standard InChI is InChI=1S/C14H16BrN3/c1-10-6-7-18(13(10)8-15)14-11-4-2-3-5-12(11)16-9-17-14/h2-5,9-10,13H,6-8H2,1H3. The Labute approximate surface area is 115 Å². The van der Waals surface area contributed by atoms with Crippen LogP contribution in [0.1, 0.15) is 13.3 Å². The molecular formula is C14H16BrN3. The molecular weight excluding hydrogens is 290 g/mol. The zero-order valence-electron chi connectivity index (χ0n) is 10.4. The molecule has 18 heavy (non-hydrogen) atoms. The first-order valence-corrected chi connectivity index (χ1v) is 7.45. The Morgan fingerprint density at radius 3 is 3.00 bits per heavy atom. The lowest BCUT2D eigenvalue weighted by atomic mass is 10.1. The second kappa shape index (κ2) is 4.84. The monoisotopic (exact) mass is 305 g/mol. The van der Waals surface area contributed by atoms with Gasteiger partial charge in [0, 0.05) is 23.3 Å². The summed E-state index contributed by atoms with van der Waals surface area (Å²) in [6.45, 7) is 3.40. The lowest BCUT2D eigenvalue weighted by molar-refractivity contribution is 0.553. The lowest BCUT2D eigenvalue weighted by Gasteiger charge is -2.27. The van der Waals surface area contributed by atoms with Gasteiger partial charge in [0.1, 0.15) is 12.1 Å². The smallest absolute Gasteiger partial charge is 0.140 e. The van der Waals surface area contributed by atoms with Crippen LogP contribution in [0.3, 0.4) is 0 Å². The topological polar surface area (TPSA) is 29.0 Å². The van der Waals surface area contributed by atoms with Crippen LogP contribution in [0.25, 0.3) is 10.9 Å². The van der Waals surface area contributed by atoms with Gasteiger partial charge in [-0.15, -0.1) is 0 Å². The largest absolute Gasteiger partial charge is 0.352 e. The SMILES string of the molecule is CC1CCN(c2ncnc3ccccc23)C1CBr. The second-order valence-electron chi connectivity index (χ2n) is 4.90. The average Bonchev–Trinajstić information content (AvgIpc) is 2.79. The number of hydrogen-bond donors (Lipinski definition) is 0. The fraction of sp³-hybridized carbons (Fsp3) is 0.429. The summed E-state index contributed by atoms with van der Waals surface area (Å²) in [5, 5.41) is 2.15. The van der Waals surface area contributed by atoms with Crippen molar-refractivity contribution in [3.8, 4) is 0 Å². The normalized spacial score (nSPS) is 23.8. The van der Waals surface area contributed by atoms with Crippen LogP contribution in [0.5, 0.6) is 0 Å². The van der Waals surface area contributed by atoms with Crippen LogP contribution in [0, 0.1) is 5.92 Å². The molecule has 0 amide bonds. The highest BCUT2D eigenvalue weighted by Crippen LogP contribution is 2.32. The molecule has 0 radical (unpaired) electrons. The maximum Gasteiger partial charge on any atom is 0.140 e. The van der Waals surface area contributed by atoms with Crippen molar-refractivity contribution in [1.82, 2.24) is 9.97 Å². The van der Waals surface area contributed by atoms with Crippen molar-refractivity contribution in [2.24, 2.45) is 5.92 Å². The maximum atomic E-state index is 4.52. The Morgan fingerprint density at radius 1 is 1.33 bits per heavy atom. The Morgan fingerprint density at radius 2 is 2.17 bits per heavy atom. The van der Waals surface area contributed by atoms with Crippen molar-refractivity contribution in [2.75, 3.05) is 16.8 Å². The van der Waals surface area contributed by atoms with Gasteiger partial charge in [-0.05, 0) is 24.5 Å². The number of alkyl halides is 1. The number of fused-ring (bicyclic) bond motifs is 1. The highest BCUT2D eigenvalue weighted by atomic mass is 79.9. The first-order chi connectivity index (χ1) is 8.81. The first kappa shape index (κ1) is 11.9. The molecule has 2 aromatic rings. The summed E-state index contributed by atoms with van der Waals surface area (Å²) in [4.78, 5) is 11.3. The van der Waals surface area contributed by atoms with Gasteiger partial charge in [-0.25, -0.2) is 9.97 Å². The number of anilines is 1. The first-order valence-electron chi connectivity index (χ1n) is 6.33. The molecule has 0 N–H and O–H groups in total. The molecule has 1 aliphatic rings. The summed E-state index contributed by atoms with van der Waals surface area (Å²) in [5.41, 5.74) is 1.02. The van der Waals surface area contributed by atoms with Gasteiger partial charge in [0.05, 0.1) is 5.52 Å². The molecule has 0 spiro atoms. The molecule has 1 aromatic heterocycles. The van der Waals surface area contributed by atoms with E-state index in [2.05, 4.69) is 49.9 Å². The molecule has 2 atom stereocenters. The number of rotatable bonds is 2. The maximum absolute atomic E-state index is 4.52. The van der Waals surface area contributed by atoms with E-state index in [4.69, 9.17) is 0 Å². The average molecular weight is 306 g/mol. The third-order valence-electron chi connectivity index (χ3n) is 3.83. The number of nitrogens with zero attached hydrogens (tertiary/aromatic N) is 3. The molecule has 94 valence electrons. The van der Waals surface area contributed by atoms with E-state index in [9.17, 15) is 0 Å². The van der Waals surface area contributed by atoms with E-state index < -0.39 is 0 Å².